The lowest BCUT2D eigenvalue weighted by atomic mass is 9.99. The molecule has 3 N–H and O–H groups in total. The number of hydrogen-bond donors (Lipinski definition) is 2. The van der Waals surface area contributed by atoms with E-state index in [4.69, 9.17) is 5.73 Å². The highest BCUT2D eigenvalue weighted by atomic mass is 16.1. The Morgan fingerprint density at radius 2 is 2.05 bits per heavy atom. The number of benzene rings is 1. The van der Waals surface area contributed by atoms with Crippen molar-refractivity contribution < 1.29 is 0 Å². The summed E-state index contributed by atoms with van der Waals surface area (Å²) in [7, 11) is 0. The molecule has 0 aliphatic heterocycles. The molecule has 1 aromatic heterocycles. The Bertz CT molecular complexity index is 573. The Morgan fingerprint density at radius 3 is 2.68 bits per heavy atom. The van der Waals surface area contributed by atoms with E-state index in [2.05, 4.69) is 24.0 Å². The van der Waals surface area contributed by atoms with Gasteiger partial charge in [-0.05, 0) is 11.5 Å². The van der Waals surface area contributed by atoms with Crippen molar-refractivity contribution in [3.63, 3.8) is 0 Å². The van der Waals surface area contributed by atoms with Crippen molar-refractivity contribution in [2.75, 3.05) is 0 Å². The van der Waals surface area contributed by atoms with Gasteiger partial charge >= 0.3 is 5.69 Å². The van der Waals surface area contributed by atoms with E-state index in [9.17, 15) is 4.79 Å². The van der Waals surface area contributed by atoms with Crippen LogP contribution in [0.15, 0.2) is 35.1 Å². The average molecular weight is 260 g/mol. The van der Waals surface area contributed by atoms with Crippen LogP contribution in [0.5, 0.6) is 0 Å². The zero-order valence-corrected chi connectivity index (χ0v) is 11.3. The molecule has 2 rings (SSSR count). The topological polar surface area (TPSA) is 76.7 Å². The van der Waals surface area contributed by atoms with Crippen molar-refractivity contribution in [3.8, 4) is 0 Å². The van der Waals surface area contributed by atoms with E-state index < -0.39 is 0 Å². The van der Waals surface area contributed by atoms with Gasteiger partial charge in [0.2, 0.25) is 0 Å². The van der Waals surface area contributed by atoms with Crippen LogP contribution in [0.2, 0.25) is 0 Å². The predicted molar refractivity (Wildman–Crippen MR) is 74.8 cm³/mol. The zero-order valence-electron chi connectivity index (χ0n) is 11.3. The van der Waals surface area contributed by atoms with E-state index in [1.54, 1.807) is 4.57 Å². The third kappa shape index (κ3) is 2.93. The van der Waals surface area contributed by atoms with Gasteiger partial charge < -0.3 is 5.73 Å². The molecule has 0 radical (unpaired) electrons. The first-order valence-corrected chi connectivity index (χ1v) is 6.58. The molecule has 0 unspecified atom stereocenters. The minimum absolute atomic E-state index is 0.211. The zero-order chi connectivity index (χ0) is 13.8. The molecule has 0 saturated carbocycles. The highest BCUT2D eigenvalue weighted by Gasteiger charge is 2.20. The van der Waals surface area contributed by atoms with Crippen LogP contribution in [0, 0.1) is 5.92 Å². The molecule has 1 heterocycles. The molecular formula is C14H20N4O. The number of nitrogens with two attached hydrogens (primary N) is 1. The molecule has 5 nitrogen and oxygen atoms in total. The summed E-state index contributed by atoms with van der Waals surface area (Å²) >= 11 is 0. The molecule has 0 bridgehead atoms. The molecule has 1 aromatic carbocycles. The lowest BCUT2D eigenvalue weighted by Crippen LogP contribution is -2.27. The fraction of sp³-hybridized carbons (Fsp3) is 0.429. The number of H-pyrrole nitrogens is 1. The fourth-order valence-electron chi connectivity index (χ4n) is 2.01. The largest absolute Gasteiger partial charge is 0.343 e. The summed E-state index contributed by atoms with van der Waals surface area (Å²) in [5.41, 5.74) is 7.02. The Morgan fingerprint density at radius 1 is 1.37 bits per heavy atom. The van der Waals surface area contributed by atoms with Crippen molar-refractivity contribution in [1.29, 1.82) is 0 Å². The summed E-state index contributed by atoms with van der Waals surface area (Å²) < 4.78 is 1.62. The minimum atomic E-state index is -0.229. The molecule has 0 saturated heterocycles. The van der Waals surface area contributed by atoms with E-state index in [0.29, 0.717) is 12.4 Å². The average Bonchev–Trinajstić information content (AvgIpc) is 2.80. The molecule has 2 atom stereocenters. The second-order valence-corrected chi connectivity index (χ2v) is 4.87. The Labute approximate surface area is 112 Å². The van der Waals surface area contributed by atoms with Crippen LogP contribution in [0.4, 0.5) is 0 Å². The van der Waals surface area contributed by atoms with Crippen molar-refractivity contribution in [3.05, 3.63) is 52.2 Å². The van der Waals surface area contributed by atoms with Gasteiger partial charge in [0.05, 0.1) is 12.6 Å². The highest BCUT2D eigenvalue weighted by Crippen LogP contribution is 2.19. The number of nitrogens with zero attached hydrogens (tertiary/aromatic N) is 2. The summed E-state index contributed by atoms with van der Waals surface area (Å²) in [5.74, 6) is 0.910. The van der Waals surface area contributed by atoms with Crippen LogP contribution in [0.1, 0.15) is 37.7 Å². The third-order valence-corrected chi connectivity index (χ3v) is 3.53. The third-order valence-electron chi connectivity index (χ3n) is 3.53. The van der Waals surface area contributed by atoms with Crippen molar-refractivity contribution in [2.45, 2.75) is 32.9 Å². The van der Waals surface area contributed by atoms with Gasteiger partial charge in [0, 0.05) is 0 Å². The molecule has 19 heavy (non-hydrogen) atoms. The van der Waals surface area contributed by atoms with Gasteiger partial charge in [-0.25, -0.2) is 9.89 Å². The number of hydrogen-bond acceptors (Lipinski definition) is 3. The number of nitrogens with one attached hydrogen (secondary N) is 1. The summed E-state index contributed by atoms with van der Waals surface area (Å²) in [5, 5.41) is 6.58. The van der Waals surface area contributed by atoms with Crippen LogP contribution >= 0.6 is 0 Å². The summed E-state index contributed by atoms with van der Waals surface area (Å²) in [4.78, 5) is 11.8. The molecule has 0 fully saturated rings. The number of rotatable bonds is 5. The Hall–Kier alpha value is -1.88. The van der Waals surface area contributed by atoms with Crippen LogP contribution < -0.4 is 11.4 Å². The van der Waals surface area contributed by atoms with Crippen LogP contribution in [0.25, 0.3) is 0 Å². The van der Waals surface area contributed by atoms with Gasteiger partial charge in [-0.3, -0.25) is 4.57 Å². The first-order valence-electron chi connectivity index (χ1n) is 6.58. The van der Waals surface area contributed by atoms with Crippen LogP contribution in [-0.2, 0) is 6.54 Å². The van der Waals surface area contributed by atoms with E-state index in [0.717, 1.165) is 12.0 Å². The standard InChI is InChI=1S/C14H20N4O/c1-3-10(2)12(15)13-16-17-14(19)18(13)9-11-7-5-4-6-8-11/h4-8,10,12H,3,9,15H2,1-2H3,(H,17,19)/t10-,12-/m0/s1. The minimum Gasteiger partial charge on any atom is -0.321 e. The first kappa shape index (κ1) is 13.5. The van der Waals surface area contributed by atoms with Gasteiger partial charge in [-0.15, -0.1) is 0 Å². The van der Waals surface area contributed by atoms with E-state index in [1.807, 2.05) is 30.3 Å². The molecule has 0 amide bonds. The lowest BCUT2D eigenvalue weighted by Gasteiger charge is -2.18. The lowest BCUT2D eigenvalue weighted by molar-refractivity contribution is 0.424. The molecule has 0 aliphatic rings. The smallest absolute Gasteiger partial charge is 0.321 e. The van der Waals surface area contributed by atoms with Gasteiger partial charge in [-0.2, -0.15) is 5.10 Å². The molecule has 5 heteroatoms. The SMILES string of the molecule is CC[C@H](C)[C@H](N)c1n[nH]c(=O)n1Cc1ccccc1. The van der Waals surface area contributed by atoms with Gasteiger partial charge in [0.15, 0.2) is 5.82 Å². The highest BCUT2D eigenvalue weighted by molar-refractivity contribution is 5.15. The molecule has 0 spiro atoms. The normalized spacial score (nSPS) is 14.3. The monoisotopic (exact) mass is 260 g/mol. The first-order chi connectivity index (χ1) is 9.13. The maximum absolute atomic E-state index is 11.8. The van der Waals surface area contributed by atoms with Gasteiger partial charge in [0.25, 0.3) is 0 Å². The van der Waals surface area contributed by atoms with E-state index in [-0.39, 0.29) is 17.6 Å². The van der Waals surface area contributed by atoms with Crippen LogP contribution in [0.3, 0.4) is 0 Å². The molecular weight excluding hydrogens is 240 g/mol. The van der Waals surface area contributed by atoms with Crippen LogP contribution in [-0.4, -0.2) is 14.8 Å². The summed E-state index contributed by atoms with van der Waals surface area (Å²) in [6, 6.07) is 9.60. The second-order valence-electron chi connectivity index (χ2n) is 4.87. The second kappa shape index (κ2) is 5.84. The van der Waals surface area contributed by atoms with Gasteiger partial charge in [-0.1, -0.05) is 50.6 Å². The predicted octanol–water partition coefficient (Wildman–Crippen LogP) is 1.67. The number of aromatic amines is 1. The molecule has 102 valence electrons. The maximum atomic E-state index is 11.8. The van der Waals surface area contributed by atoms with E-state index >= 15 is 0 Å². The van der Waals surface area contributed by atoms with Gasteiger partial charge in [0.1, 0.15) is 0 Å². The van der Waals surface area contributed by atoms with E-state index in [1.165, 1.54) is 0 Å². The summed E-state index contributed by atoms with van der Waals surface area (Å²) in [6.45, 7) is 4.64. The Kier molecular flexibility index (Phi) is 4.16. The quantitative estimate of drug-likeness (QED) is 0.858. The van der Waals surface area contributed by atoms with Crippen molar-refractivity contribution in [2.24, 2.45) is 11.7 Å². The maximum Gasteiger partial charge on any atom is 0.343 e. The summed E-state index contributed by atoms with van der Waals surface area (Å²) in [6.07, 6.45) is 0.952. The Balaban J connectivity index is 2.30. The molecule has 0 aliphatic carbocycles. The molecule has 2 aromatic rings. The van der Waals surface area contributed by atoms with Crippen molar-refractivity contribution in [1.82, 2.24) is 14.8 Å². The van der Waals surface area contributed by atoms with Crippen molar-refractivity contribution >= 4 is 0 Å². The number of aromatic nitrogens is 3. The fourth-order valence-corrected chi connectivity index (χ4v) is 2.01.